The molecule has 3 amide bonds. The van der Waals surface area contributed by atoms with E-state index in [1.807, 2.05) is 0 Å². The SMILES string of the molecule is O=C(NO)c1ccc(CNC(=O)c2[nH]ncc2NC(=O)c2c(F)cccc2F)cc1. The van der Waals surface area contributed by atoms with Crippen LogP contribution in [0.3, 0.4) is 0 Å². The molecular formula is C19H15F2N5O4. The molecule has 1 heterocycles. The Balaban J connectivity index is 1.66. The number of aromatic nitrogens is 2. The summed E-state index contributed by atoms with van der Waals surface area (Å²) >= 11 is 0. The molecule has 0 unspecified atom stereocenters. The van der Waals surface area contributed by atoms with Crippen molar-refractivity contribution in [3.05, 3.63) is 82.7 Å². The summed E-state index contributed by atoms with van der Waals surface area (Å²) in [5.74, 6) is -4.46. The first-order valence-electron chi connectivity index (χ1n) is 8.51. The van der Waals surface area contributed by atoms with Gasteiger partial charge in [-0.1, -0.05) is 18.2 Å². The van der Waals surface area contributed by atoms with Crippen LogP contribution in [-0.4, -0.2) is 33.1 Å². The molecule has 0 saturated carbocycles. The first kappa shape index (κ1) is 20.6. The first-order valence-corrected chi connectivity index (χ1v) is 8.51. The van der Waals surface area contributed by atoms with Gasteiger partial charge in [0, 0.05) is 12.1 Å². The number of hydroxylamine groups is 1. The average molecular weight is 415 g/mol. The predicted molar refractivity (Wildman–Crippen MR) is 99.8 cm³/mol. The van der Waals surface area contributed by atoms with Crippen molar-refractivity contribution in [2.75, 3.05) is 5.32 Å². The number of hydrogen-bond acceptors (Lipinski definition) is 5. The average Bonchev–Trinajstić information content (AvgIpc) is 3.19. The van der Waals surface area contributed by atoms with Crippen molar-refractivity contribution < 1.29 is 28.4 Å². The van der Waals surface area contributed by atoms with Crippen LogP contribution in [-0.2, 0) is 6.54 Å². The number of amides is 3. The van der Waals surface area contributed by atoms with Gasteiger partial charge >= 0.3 is 0 Å². The second-order valence-electron chi connectivity index (χ2n) is 6.03. The van der Waals surface area contributed by atoms with Crippen LogP contribution < -0.4 is 16.1 Å². The summed E-state index contributed by atoms with van der Waals surface area (Å²) in [5.41, 5.74) is 1.43. The third kappa shape index (κ3) is 4.47. The minimum Gasteiger partial charge on any atom is -0.347 e. The molecule has 0 aliphatic heterocycles. The second-order valence-corrected chi connectivity index (χ2v) is 6.03. The number of nitrogens with zero attached hydrogens (tertiary/aromatic N) is 1. The number of carbonyl (C=O) groups is 3. The van der Waals surface area contributed by atoms with E-state index < -0.39 is 34.9 Å². The van der Waals surface area contributed by atoms with Crippen LogP contribution in [0.5, 0.6) is 0 Å². The largest absolute Gasteiger partial charge is 0.347 e. The number of nitrogens with one attached hydrogen (secondary N) is 4. The van der Waals surface area contributed by atoms with Gasteiger partial charge in [-0.25, -0.2) is 14.3 Å². The van der Waals surface area contributed by atoms with Gasteiger partial charge in [0.05, 0.1) is 11.9 Å². The summed E-state index contributed by atoms with van der Waals surface area (Å²) in [6, 6.07) is 9.06. The van der Waals surface area contributed by atoms with Crippen LogP contribution in [0.1, 0.15) is 36.8 Å². The highest BCUT2D eigenvalue weighted by atomic mass is 19.1. The molecule has 2 aromatic carbocycles. The van der Waals surface area contributed by atoms with Crippen molar-refractivity contribution in [2.24, 2.45) is 0 Å². The highest BCUT2D eigenvalue weighted by Gasteiger charge is 2.21. The summed E-state index contributed by atoms with van der Waals surface area (Å²) in [4.78, 5) is 35.9. The molecule has 1 aromatic heterocycles. The van der Waals surface area contributed by atoms with Gasteiger partial charge in [0.25, 0.3) is 17.7 Å². The molecule has 154 valence electrons. The van der Waals surface area contributed by atoms with Gasteiger partial charge in [-0.05, 0) is 29.8 Å². The van der Waals surface area contributed by atoms with E-state index in [9.17, 15) is 23.2 Å². The zero-order valence-corrected chi connectivity index (χ0v) is 15.2. The molecule has 0 bridgehead atoms. The van der Waals surface area contributed by atoms with Crippen LogP contribution in [0.4, 0.5) is 14.5 Å². The van der Waals surface area contributed by atoms with Gasteiger partial charge in [0.1, 0.15) is 22.9 Å². The molecule has 11 heteroatoms. The minimum atomic E-state index is -1.07. The zero-order chi connectivity index (χ0) is 21.7. The summed E-state index contributed by atoms with van der Waals surface area (Å²) in [6.45, 7) is 0.0776. The maximum atomic E-state index is 13.8. The van der Waals surface area contributed by atoms with Gasteiger partial charge in [0.2, 0.25) is 0 Å². The van der Waals surface area contributed by atoms with E-state index in [0.29, 0.717) is 5.56 Å². The molecule has 9 nitrogen and oxygen atoms in total. The Labute approximate surface area is 168 Å². The van der Waals surface area contributed by atoms with Crippen molar-refractivity contribution in [1.82, 2.24) is 21.0 Å². The number of halogens is 2. The molecule has 0 radical (unpaired) electrons. The number of rotatable bonds is 6. The Kier molecular flexibility index (Phi) is 6.13. The maximum Gasteiger partial charge on any atom is 0.274 e. The van der Waals surface area contributed by atoms with Crippen molar-refractivity contribution >= 4 is 23.4 Å². The number of anilines is 1. The van der Waals surface area contributed by atoms with Crippen LogP contribution in [0.15, 0.2) is 48.7 Å². The molecule has 0 aliphatic rings. The van der Waals surface area contributed by atoms with Gasteiger partial charge in [0.15, 0.2) is 0 Å². The van der Waals surface area contributed by atoms with Crippen LogP contribution in [0.2, 0.25) is 0 Å². The Bertz CT molecular complexity index is 1080. The lowest BCUT2D eigenvalue weighted by Gasteiger charge is -2.08. The van der Waals surface area contributed by atoms with E-state index in [1.165, 1.54) is 17.6 Å². The second kappa shape index (κ2) is 8.92. The van der Waals surface area contributed by atoms with Crippen molar-refractivity contribution in [1.29, 1.82) is 0 Å². The van der Waals surface area contributed by atoms with Gasteiger partial charge in [-0.15, -0.1) is 0 Å². The summed E-state index contributed by atoms with van der Waals surface area (Å²) in [5, 5.41) is 19.5. The summed E-state index contributed by atoms with van der Waals surface area (Å²) < 4.78 is 27.5. The predicted octanol–water partition coefficient (Wildman–Crippen LogP) is 1.99. The highest BCUT2D eigenvalue weighted by molar-refractivity contribution is 6.08. The van der Waals surface area contributed by atoms with E-state index in [1.54, 1.807) is 12.1 Å². The van der Waals surface area contributed by atoms with Crippen LogP contribution in [0, 0.1) is 11.6 Å². The monoisotopic (exact) mass is 415 g/mol. The molecule has 0 saturated heterocycles. The number of aromatic amines is 1. The van der Waals surface area contributed by atoms with Crippen LogP contribution in [0.25, 0.3) is 0 Å². The van der Waals surface area contributed by atoms with E-state index in [-0.39, 0.29) is 23.5 Å². The fraction of sp³-hybridized carbons (Fsp3) is 0.0526. The zero-order valence-electron chi connectivity index (χ0n) is 15.2. The van der Waals surface area contributed by atoms with E-state index in [4.69, 9.17) is 5.21 Å². The highest BCUT2D eigenvalue weighted by Crippen LogP contribution is 2.17. The lowest BCUT2D eigenvalue weighted by molar-refractivity contribution is 0.0706. The molecule has 30 heavy (non-hydrogen) atoms. The first-order chi connectivity index (χ1) is 14.4. The normalized spacial score (nSPS) is 10.4. The third-order valence-corrected chi connectivity index (χ3v) is 4.08. The molecule has 0 aliphatic carbocycles. The molecule has 3 aromatic rings. The Morgan fingerprint density at radius 3 is 2.27 bits per heavy atom. The summed E-state index contributed by atoms with van der Waals surface area (Å²) in [6.07, 6.45) is 1.13. The van der Waals surface area contributed by atoms with Crippen molar-refractivity contribution in [2.45, 2.75) is 6.54 Å². The minimum absolute atomic E-state index is 0.0601. The number of carbonyl (C=O) groups excluding carboxylic acids is 3. The number of hydrogen-bond donors (Lipinski definition) is 5. The smallest absolute Gasteiger partial charge is 0.274 e. The standard InChI is InChI=1S/C19H15F2N5O4/c20-12-2-1-3-13(21)15(12)18(28)24-14-9-23-25-16(14)19(29)22-8-10-4-6-11(7-5-10)17(27)26-30/h1-7,9,30H,8H2,(H,22,29)(H,23,25)(H,24,28)(H,26,27). The molecule has 0 fully saturated rings. The third-order valence-electron chi connectivity index (χ3n) is 4.08. The van der Waals surface area contributed by atoms with Gasteiger partial charge in [-0.3, -0.25) is 24.7 Å². The molecule has 3 rings (SSSR count). The Morgan fingerprint density at radius 2 is 1.63 bits per heavy atom. The van der Waals surface area contributed by atoms with Gasteiger partial charge < -0.3 is 10.6 Å². The lowest BCUT2D eigenvalue weighted by atomic mass is 10.1. The molecule has 0 atom stereocenters. The fourth-order valence-corrected chi connectivity index (χ4v) is 2.56. The maximum absolute atomic E-state index is 13.8. The summed E-state index contributed by atoms with van der Waals surface area (Å²) in [7, 11) is 0. The van der Waals surface area contributed by atoms with Crippen LogP contribution >= 0.6 is 0 Å². The van der Waals surface area contributed by atoms with E-state index in [0.717, 1.165) is 24.4 Å². The quantitative estimate of drug-likeness (QED) is 0.310. The van der Waals surface area contributed by atoms with Gasteiger partial charge in [-0.2, -0.15) is 5.10 Å². The molecule has 5 N–H and O–H groups in total. The molecular weight excluding hydrogens is 400 g/mol. The Hall–Kier alpha value is -4.12. The van der Waals surface area contributed by atoms with Crippen molar-refractivity contribution in [3.63, 3.8) is 0 Å². The topological polar surface area (TPSA) is 136 Å². The Morgan fingerprint density at radius 1 is 0.967 bits per heavy atom. The van der Waals surface area contributed by atoms with E-state index in [2.05, 4.69) is 20.8 Å². The fourth-order valence-electron chi connectivity index (χ4n) is 2.56. The van der Waals surface area contributed by atoms with Crippen molar-refractivity contribution in [3.8, 4) is 0 Å². The van der Waals surface area contributed by atoms with E-state index >= 15 is 0 Å². The lowest BCUT2D eigenvalue weighted by Crippen LogP contribution is -2.25. The number of benzene rings is 2. The number of H-pyrrole nitrogens is 1. The molecule has 0 spiro atoms.